The summed E-state index contributed by atoms with van der Waals surface area (Å²) in [6.07, 6.45) is 0. The first-order valence-electron chi connectivity index (χ1n) is 6.69. The first kappa shape index (κ1) is 16.0. The van der Waals surface area contributed by atoms with Crippen LogP contribution in [0.3, 0.4) is 0 Å². The number of thiazole rings is 1. The van der Waals surface area contributed by atoms with Crippen LogP contribution in [0.25, 0.3) is 11.3 Å². The maximum atomic E-state index is 11.4. The molecule has 6 nitrogen and oxygen atoms in total. The Hall–Kier alpha value is -2.41. The monoisotopic (exact) mass is 318 g/mol. The second-order valence-electron chi connectivity index (χ2n) is 5.03. The number of amides is 2. The molecule has 2 aromatic rings. The summed E-state index contributed by atoms with van der Waals surface area (Å²) < 4.78 is 0. The summed E-state index contributed by atoms with van der Waals surface area (Å²) in [6.45, 7) is 2.89. The Kier molecular flexibility index (Phi) is 4.77. The summed E-state index contributed by atoms with van der Waals surface area (Å²) in [5.74, 6) is -0.339. The maximum absolute atomic E-state index is 11.4. The van der Waals surface area contributed by atoms with Gasteiger partial charge in [0, 0.05) is 44.6 Å². The van der Waals surface area contributed by atoms with Gasteiger partial charge in [-0.3, -0.25) is 9.59 Å². The Balaban J connectivity index is 2.43. The molecule has 0 saturated carbocycles. The van der Waals surface area contributed by atoms with Gasteiger partial charge in [0.2, 0.25) is 11.8 Å². The summed E-state index contributed by atoms with van der Waals surface area (Å²) in [5.41, 5.74) is 2.85. The van der Waals surface area contributed by atoms with Gasteiger partial charge in [0.1, 0.15) is 0 Å². The van der Waals surface area contributed by atoms with Gasteiger partial charge in [-0.1, -0.05) is 0 Å². The summed E-state index contributed by atoms with van der Waals surface area (Å²) >= 11 is 1.53. The second kappa shape index (κ2) is 6.57. The Morgan fingerprint density at radius 1 is 1.14 bits per heavy atom. The van der Waals surface area contributed by atoms with Gasteiger partial charge in [-0.05, 0) is 18.2 Å². The van der Waals surface area contributed by atoms with Crippen molar-refractivity contribution in [3.63, 3.8) is 0 Å². The van der Waals surface area contributed by atoms with Crippen LogP contribution in [0.15, 0.2) is 23.6 Å². The molecular weight excluding hydrogens is 300 g/mol. The molecule has 7 heteroatoms. The van der Waals surface area contributed by atoms with Crippen molar-refractivity contribution in [1.82, 2.24) is 4.98 Å². The first-order chi connectivity index (χ1) is 10.4. The van der Waals surface area contributed by atoms with Crippen LogP contribution in [-0.4, -0.2) is 30.9 Å². The predicted molar refractivity (Wildman–Crippen MR) is 90.5 cm³/mol. The highest BCUT2D eigenvalue weighted by molar-refractivity contribution is 7.14. The molecule has 0 radical (unpaired) electrons. The Morgan fingerprint density at radius 3 is 2.36 bits per heavy atom. The van der Waals surface area contributed by atoms with E-state index in [-0.39, 0.29) is 11.8 Å². The van der Waals surface area contributed by atoms with Gasteiger partial charge in [-0.25, -0.2) is 4.98 Å². The van der Waals surface area contributed by atoms with Crippen molar-refractivity contribution < 1.29 is 9.59 Å². The molecule has 2 amide bonds. The predicted octanol–water partition coefficient (Wildman–Crippen LogP) is 2.79. The lowest BCUT2D eigenvalue weighted by Gasteiger charge is -2.11. The molecule has 0 bridgehead atoms. The largest absolute Gasteiger partial charge is 0.354 e. The number of nitrogens with one attached hydrogen (secondary N) is 2. The molecule has 1 aromatic carbocycles. The van der Waals surface area contributed by atoms with Crippen LogP contribution < -0.4 is 15.5 Å². The highest BCUT2D eigenvalue weighted by Gasteiger charge is 2.12. The molecule has 22 heavy (non-hydrogen) atoms. The smallest absolute Gasteiger partial charge is 0.221 e. The zero-order valence-corrected chi connectivity index (χ0v) is 13.7. The average molecular weight is 318 g/mol. The van der Waals surface area contributed by atoms with Gasteiger partial charge in [0.25, 0.3) is 0 Å². The van der Waals surface area contributed by atoms with E-state index in [2.05, 4.69) is 15.6 Å². The average Bonchev–Trinajstić information content (AvgIpc) is 2.87. The minimum atomic E-state index is -0.177. The normalized spacial score (nSPS) is 10.2. The summed E-state index contributed by atoms with van der Waals surface area (Å²) in [5, 5.41) is 8.31. The molecule has 1 heterocycles. The summed E-state index contributed by atoms with van der Waals surface area (Å²) in [4.78, 5) is 29.1. The fourth-order valence-corrected chi connectivity index (χ4v) is 2.69. The van der Waals surface area contributed by atoms with Gasteiger partial charge in [-0.2, -0.15) is 0 Å². The van der Waals surface area contributed by atoms with Crippen molar-refractivity contribution in [3.05, 3.63) is 23.6 Å². The SMILES string of the molecule is CC(=O)Nc1ccc(-c2csc(N(C)C)n2)c(NC(C)=O)c1. The molecule has 0 unspecified atom stereocenters. The molecule has 0 saturated heterocycles. The maximum Gasteiger partial charge on any atom is 0.221 e. The van der Waals surface area contributed by atoms with E-state index in [4.69, 9.17) is 0 Å². The third-order valence-electron chi connectivity index (χ3n) is 2.80. The minimum Gasteiger partial charge on any atom is -0.354 e. The number of carbonyl (C=O) groups excluding carboxylic acids is 2. The molecule has 0 atom stereocenters. The van der Waals surface area contributed by atoms with Crippen molar-refractivity contribution in [2.24, 2.45) is 0 Å². The van der Waals surface area contributed by atoms with E-state index in [1.165, 1.54) is 25.2 Å². The van der Waals surface area contributed by atoms with E-state index in [0.717, 1.165) is 16.4 Å². The highest BCUT2D eigenvalue weighted by atomic mass is 32.1. The zero-order valence-electron chi connectivity index (χ0n) is 12.9. The Labute approximate surface area is 133 Å². The number of rotatable bonds is 4. The molecule has 0 fully saturated rings. The van der Waals surface area contributed by atoms with Crippen molar-refractivity contribution >= 4 is 39.7 Å². The van der Waals surface area contributed by atoms with Crippen LogP contribution in [0.4, 0.5) is 16.5 Å². The number of nitrogens with zero attached hydrogens (tertiary/aromatic N) is 2. The highest BCUT2D eigenvalue weighted by Crippen LogP contribution is 2.33. The summed E-state index contributed by atoms with van der Waals surface area (Å²) in [7, 11) is 3.86. The van der Waals surface area contributed by atoms with E-state index >= 15 is 0 Å². The van der Waals surface area contributed by atoms with Crippen molar-refractivity contribution in [2.45, 2.75) is 13.8 Å². The molecule has 2 rings (SSSR count). The fraction of sp³-hybridized carbons (Fsp3) is 0.267. The molecule has 0 aliphatic heterocycles. The quantitative estimate of drug-likeness (QED) is 0.909. The van der Waals surface area contributed by atoms with Gasteiger partial charge < -0.3 is 15.5 Å². The minimum absolute atomic E-state index is 0.162. The second-order valence-corrected chi connectivity index (χ2v) is 5.87. The number of carbonyl (C=O) groups is 2. The Bertz CT molecular complexity index is 709. The standard InChI is InChI=1S/C15H18N4O2S/c1-9(20)16-11-5-6-12(13(7-11)17-10(2)21)14-8-22-15(18-14)19(3)4/h5-8H,1-4H3,(H,16,20)(H,17,21). The van der Waals surface area contributed by atoms with Crippen LogP contribution in [0.5, 0.6) is 0 Å². The van der Waals surface area contributed by atoms with Crippen molar-refractivity contribution in [3.8, 4) is 11.3 Å². The number of hydrogen-bond acceptors (Lipinski definition) is 5. The Morgan fingerprint density at radius 2 is 1.82 bits per heavy atom. The van der Waals surface area contributed by atoms with Crippen LogP contribution in [0.1, 0.15) is 13.8 Å². The van der Waals surface area contributed by atoms with Gasteiger partial charge in [0.05, 0.1) is 11.4 Å². The number of aromatic nitrogens is 1. The van der Waals surface area contributed by atoms with E-state index in [9.17, 15) is 9.59 Å². The van der Waals surface area contributed by atoms with E-state index in [1.54, 1.807) is 12.1 Å². The molecule has 0 aliphatic rings. The fourth-order valence-electron chi connectivity index (χ4n) is 1.94. The third-order valence-corrected chi connectivity index (χ3v) is 3.81. The lowest BCUT2D eigenvalue weighted by atomic mass is 10.1. The lowest BCUT2D eigenvalue weighted by Crippen LogP contribution is -2.10. The van der Waals surface area contributed by atoms with Crippen LogP contribution in [0, 0.1) is 0 Å². The molecule has 2 N–H and O–H groups in total. The van der Waals surface area contributed by atoms with Gasteiger partial charge in [0.15, 0.2) is 5.13 Å². The molecule has 0 spiro atoms. The molecular formula is C15H18N4O2S. The first-order valence-corrected chi connectivity index (χ1v) is 7.57. The van der Waals surface area contributed by atoms with Crippen LogP contribution in [-0.2, 0) is 9.59 Å². The van der Waals surface area contributed by atoms with E-state index in [1.807, 2.05) is 30.4 Å². The van der Waals surface area contributed by atoms with Crippen molar-refractivity contribution in [1.29, 1.82) is 0 Å². The number of benzene rings is 1. The van der Waals surface area contributed by atoms with E-state index in [0.29, 0.717) is 11.4 Å². The van der Waals surface area contributed by atoms with Gasteiger partial charge >= 0.3 is 0 Å². The number of hydrogen-bond donors (Lipinski definition) is 2. The van der Waals surface area contributed by atoms with Crippen LogP contribution in [0.2, 0.25) is 0 Å². The van der Waals surface area contributed by atoms with Crippen LogP contribution >= 0.6 is 11.3 Å². The molecule has 1 aromatic heterocycles. The van der Waals surface area contributed by atoms with E-state index < -0.39 is 0 Å². The molecule has 0 aliphatic carbocycles. The van der Waals surface area contributed by atoms with Crippen molar-refractivity contribution in [2.75, 3.05) is 29.6 Å². The lowest BCUT2D eigenvalue weighted by molar-refractivity contribution is -0.115. The number of anilines is 3. The zero-order chi connectivity index (χ0) is 16.3. The summed E-state index contributed by atoms with van der Waals surface area (Å²) in [6, 6.07) is 5.36. The molecule has 116 valence electrons. The topological polar surface area (TPSA) is 74.3 Å². The van der Waals surface area contributed by atoms with Gasteiger partial charge in [-0.15, -0.1) is 11.3 Å². The third kappa shape index (κ3) is 3.82.